The normalized spacial score (nSPS) is 12.8. The number of nitrogens with zero attached hydrogens (tertiary/aromatic N) is 1. The van der Waals surface area contributed by atoms with Gasteiger partial charge in [0, 0.05) is 24.8 Å². The summed E-state index contributed by atoms with van der Waals surface area (Å²) in [5, 5.41) is 21.7. The van der Waals surface area contributed by atoms with Crippen molar-refractivity contribution in [3.05, 3.63) is 29.3 Å². The van der Waals surface area contributed by atoms with Crippen LogP contribution in [0.5, 0.6) is 0 Å². The van der Waals surface area contributed by atoms with Crippen molar-refractivity contribution in [3.63, 3.8) is 0 Å². The Labute approximate surface area is 191 Å². The average Bonchev–Trinajstić information content (AvgIpc) is 2.58. The minimum Gasteiger partial charge on any atom is -0.460 e. The highest BCUT2D eigenvalue weighted by molar-refractivity contribution is 5.73. The molecule has 8 heteroatoms. The number of esters is 1. The van der Waals surface area contributed by atoms with Gasteiger partial charge in [-0.05, 0) is 66.5 Å². The Morgan fingerprint density at radius 2 is 1.56 bits per heavy atom. The highest BCUT2D eigenvalue weighted by Crippen LogP contribution is 2.25. The lowest BCUT2D eigenvalue weighted by Crippen LogP contribution is -2.42. The average molecular weight is 453 g/mol. The van der Waals surface area contributed by atoms with Crippen LogP contribution >= 0.6 is 0 Å². The van der Waals surface area contributed by atoms with Crippen molar-refractivity contribution >= 4 is 17.7 Å². The van der Waals surface area contributed by atoms with Gasteiger partial charge >= 0.3 is 12.1 Å². The summed E-state index contributed by atoms with van der Waals surface area (Å²) in [4.78, 5) is 26.9. The number of carbonyl (C=O) groups is 2. The van der Waals surface area contributed by atoms with Gasteiger partial charge in [0.05, 0.1) is 19.6 Å². The van der Waals surface area contributed by atoms with Crippen molar-refractivity contribution < 1.29 is 29.3 Å². The summed E-state index contributed by atoms with van der Waals surface area (Å²) in [6, 6.07) is 5.29. The number of aliphatic hydroxyl groups excluding tert-OH is 2. The number of hydrogen-bond acceptors (Lipinski definition) is 7. The maximum absolute atomic E-state index is 12.5. The molecule has 0 saturated heterocycles. The van der Waals surface area contributed by atoms with Gasteiger partial charge in [-0.3, -0.25) is 4.79 Å². The van der Waals surface area contributed by atoms with E-state index in [-0.39, 0.29) is 19.6 Å². The quantitative estimate of drug-likeness (QED) is 0.468. The second kappa shape index (κ2) is 12.1. The van der Waals surface area contributed by atoms with Crippen LogP contribution in [0.1, 0.15) is 59.1 Å². The van der Waals surface area contributed by atoms with Crippen LogP contribution < -0.4 is 10.2 Å². The second-order valence-corrected chi connectivity index (χ2v) is 9.90. The van der Waals surface area contributed by atoms with E-state index in [9.17, 15) is 19.8 Å². The lowest BCUT2D eigenvalue weighted by Gasteiger charge is -2.29. The zero-order valence-electron chi connectivity index (χ0n) is 20.5. The highest BCUT2D eigenvalue weighted by atomic mass is 16.6. The maximum Gasteiger partial charge on any atom is 0.407 e. The molecule has 3 N–H and O–H groups in total. The summed E-state index contributed by atoms with van der Waals surface area (Å²) in [5.74, 6) is -0.421. The fourth-order valence-electron chi connectivity index (χ4n) is 3.28. The molecule has 1 aromatic carbocycles. The van der Waals surface area contributed by atoms with Crippen LogP contribution in [0, 0.1) is 6.92 Å². The Kier molecular flexibility index (Phi) is 10.4. The van der Waals surface area contributed by atoms with Crippen molar-refractivity contribution in [2.45, 2.75) is 78.6 Å². The minimum absolute atomic E-state index is 0.0239. The van der Waals surface area contributed by atoms with Gasteiger partial charge in [0.2, 0.25) is 0 Å². The zero-order chi connectivity index (χ0) is 24.5. The number of amides is 1. The lowest BCUT2D eigenvalue weighted by molar-refractivity contribution is -0.155. The van der Waals surface area contributed by atoms with Crippen LogP contribution in [0.3, 0.4) is 0 Å². The van der Waals surface area contributed by atoms with E-state index in [2.05, 4.69) is 5.32 Å². The van der Waals surface area contributed by atoms with Crippen LogP contribution in [0.15, 0.2) is 18.2 Å². The van der Waals surface area contributed by atoms with Gasteiger partial charge in [-0.2, -0.15) is 0 Å². The molecule has 0 aliphatic rings. The van der Waals surface area contributed by atoms with Crippen molar-refractivity contribution in [3.8, 4) is 0 Å². The predicted octanol–water partition coefficient (Wildman–Crippen LogP) is 2.95. The number of nitrogens with one attached hydrogen (secondary N) is 1. The third kappa shape index (κ3) is 10.8. The summed E-state index contributed by atoms with van der Waals surface area (Å²) < 4.78 is 10.8. The molecule has 0 saturated carbocycles. The van der Waals surface area contributed by atoms with Gasteiger partial charge in [-0.1, -0.05) is 17.7 Å². The number of hydrogen-bond donors (Lipinski definition) is 3. The van der Waals surface area contributed by atoms with Crippen LogP contribution in [-0.4, -0.2) is 65.8 Å². The first-order valence-electron chi connectivity index (χ1n) is 11.0. The van der Waals surface area contributed by atoms with E-state index in [0.717, 1.165) is 16.8 Å². The minimum atomic E-state index is -0.673. The first-order valence-corrected chi connectivity index (χ1v) is 11.0. The number of benzene rings is 1. The smallest absolute Gasteiger partial charge is 0.407 e. The van der Waals surface area contributed by atoms with Gasteiger partial charge in [-0.15, -0.1) is 0 Å². The number of anilines is 1. The topological polar surface area (TPSA) is 108 Å². The summed E-state index contributed by atoms with van der Waals surface area (Å²) in [6.07, 6.45) is -0.282. The van der Waals surface area contributed by atoms with E-state index < -0.39 is 29.3 Å². The molecular weight excluding hydrogens is 412 g/mol. The van der Waals surface area contributed by atoms with Crippen molar-refractivity contribution in [2.75, 3.05) is 31.2 Å². The number of alkyl carbamates (subject to hydrolysis) is 1. The van der Waals surface area contributed by atoms with E-state index in [4.69, 9.17) is 9.47 Å². The first-order chi connectivity index (χ1) is 14.7. The molecule has 0 aromatic heterocycles. The Morgan fingerprint density at radius 3 is 2.06 bits per heavy atom. The molecule has 0 fully saturated rings. The zero-order valence-corrected chi connectivity index (χ0v) is 20.5. The number of carbonyl (C=O) groups excluding carboxylic acids is 2. The molecule has 1 atom stereocenters. The molecule has 8 nitrogen and oxygen atoms in total. The molecule has 0 spiro atoms. The monoisotopic (exact) mass is 452 g/mol. The maximum atomic E-state index is 12.5. The van der Waals surface area contributed by atoms with Gasteiger partial charge in [-0.25, -0.2) is 4.79 Å². The summed E-state index contributed by atoms with van der Waals surface area (Å²) in [7, 11) is 0. The third-order valence-corrected chi connectivity index (χ3v) is 4.34. The lowest BCUT2D eigenvalue weighted by atomic mass is 9.98. The van der Waals surface area contributed by atoms with Crippen LogP contribution in [-0.2, 0) is 20.7 Å². The molecule has 0 aliphatic heterocycles. The Morgan fingerprint density at radius 1 is 1.00 bits per heavy atom. The fourth-order valence-corrected chi connectivity index (χ4v) is 3.28. The van der Waals surface area contributed by atoms with E-state index >= 15 is 0 Å². The molecule has 0 heterocycles. The molecule has 1 aromatic rings. The molecule has 0 radical (unpaired) electrons. The van der Waals surface area contributed by atoms with E-state index in [1.54, 1.807) is 41.5 Å². The first kappa shape index (κ1) is 27.7. The molecular formula is C24H40N2O6. The van der Waals surface area contributed by atoms with Crippen molar-refractivity contribution in [1.29, 1.82) is 0 Å². The molecule has 0 aliphatic carbocycles. The number of aryl methyl sites for hydroxylation is 1. The third-order valence-electron chi connectivity index (χ3n) is 4.34. The van der Waals surface area contributed by atoms with Crippen LogP contribution in [0.25, 0.3) is 0 Å². The molecule has 182 valence electrons. The standard InChI is InChI=1S/C24H40N2O6/c1-17-8-9-20(26(10-12-27)11-13-28)18(14-17)15-19(16-21(29)31-23(2,3)4)25-22(30)32-24(5,6)7/h8-9,14,19,27-28H,10-13,15-16H2,1-7H3,(H,25,30)/t19-/m0/s1. The van der Waals surface area contributed by atoms with Gasteiger partial charge in [0.1, 0.15) is 11.2 Å². The fraction of sp³-hybridized carbons (Fsp3) is 0.667. The Balaban J connectivity index is 3.20. The predicted molar refractivity (Wildman–Crippen MR) is 125 cm³/mol. The summed E-state index contributed by atoms with van der Waals surface area (Å²) in [6.45, 7) is 13.2. The molecule has 32 heavy (non-hydrogen) atoms. The Hall–Kier alpha value is -2.32. The molecule has 0 unspecified atom stereocenters. The van der Waals surface area contributed by atoms with E-state index in [0.29, 0.717) is 19.5 Å². The van der Waals surface area contributed by atoms with Gasteiger partial charge < -0.3 is 29.9 Å². The van der Waals surface area contributed by atoms with E-state index in [1.807, 2.05) is 30.0 Å². The summed E-state index contributed by atoms with van der Waals surface area (Å²) >= 11 is 0. The van der Waals surface area contributed by atoms with Gasteiger partial charge in [0.25, 0.3) is 0 Å². The molecule has 1 rings (SSSR count). The number of aliphatic hydroxyl groups is 2. The van der Waals surface area contributed by atoms with Crippen molar-refractivity contribution in [2.24, 2.45) is 0 Å². The molecule has 1 amide bonds. The number of ether oxygens (including phenoxy) is 2. The van der Waals surface area contributed by atoms with Gasteiger partial charge in [0.15, 0.2) is 0 Å². The van der Waals surface area contributed by atoms with Crippen LogP contribution in [0.4, 0.5) is 10.5 Å². The largest absolute Gasteiger partial charge is 0.460 e. The Bertz CT molecular complexity index is 716. The SMILES string of the molecule is Cc1ccc(N(CCO)CCO)c(C[C@@H](CC(=O)OC(C)(C)C)NC(=O)OC(C)(C)C)c1. The highest BCUT2D eigenvalue weighted by Gasteiger charge is 2.26. The summed E-state index contributed by atoms with van der Waals surface area (Å²) in [5.41, 5.74) is 1.43. The number of rotatable bonds is 10. The van der Waals surface area contributed by atoms with Crippen LogP contribution in [0.2, 0.25) is 0 Å². The second-order valence-electron chi connectivity index (χ2n) is 9.90. The van der Waals surface area contributed by atoms with Crippen molar-refractivity contribution in [1.82, 2.24) is 5.32 Å². The molecule has 0 bridgehead atoms. The van der Waals surface area contributed by atoms with E-state index in [1.165, 1.54) is 0 Å².